The first-order chi connectivity index (χ1) is 37.6. The summed E-state index contributed by atoms with van der Waals surface area (Å²) in [6.07, 6.45) is 5.46. The molecule has 2 aromatic carbocycles. The molecule has 7 fully saturated rings. The van der Waals surface area contributed by atoms with Crippen molar-refractivity contribution in [1.82, 2.24) is 35.2 Å². The minimum absolute atomic E-state index is 0. The molecule has 4 unspecified atom stereocenters. The van der Waals surface area contributed by atoms with Gasteiger partial charge in [-0.05, 0) is 62.8 Å². The van der Waals surface area contributed by atoms with Crippen molar-refractivity contribution in [1.29, 1.82) is 0 Å². The Hall–Kier alpha value is -7.65. The molecular formula is C52H56ClF4N11O11. The molecule has 2 aliphatic carbocycles. The number of nitrogens with zero attached hydrogens (tertiary/aromatic N) is 8. The summed E-state index contributed by atoms with van der Waals surface area (Å²) in [6.45, 7) is 21.8. The van der Waals surface area contributed by atoms with E-state index < -0.39 is 52.9 Å². The molecular weight excluding hydrogens is 1070 g/mol. The summed E-state index contributed by atoms with van der Waals surface area (Å²) in [7, 11) is 0. The average molecular weight is 1120 g/mol. The van der Waals surface area contributed by atoms with Crippen LogP contribution in [0.15, 0.2) is 49.1 Å². The largest absolute Gasteiger partial charge is 0.534 e. The van der Waals surface area contributed by atoms with Crippen LogP contribution in [0, 0.1) is 60.1 Å². The maximum atomic E-state index is 15.2. The predicted molar refractivity (Wildman–Crippen MR) is 272 cm³/mol. The van der Waals surface area contributed by atoms with Gasteiger partial charge in [0.1, 0.15) is 47.7 Å². The standard InChI is InChI=1S/C24H25F2N5O4.C18H17F2N5O2.C10H13NO5.ClH/c1-3-24(6-7-24)35-23(32)31-9-14-11-33-12-15(10-31)20(14)34-22-19(26)21(28-13-29-22)30-18-5-4-16(27-2)8-17(18)25;1-21-12-2-3-14(13(19)4-12)25-17-15(20)18(24-9-23-17)27-16-10-5-22-6-11(16)8-26-7-10;1-2-10(5-6-10)15-9(14)16-11-7(12)3-4-8(11)13;/h4-5,8,13-15,20H,3,6-7,9-12H2,1H3,(H,28,29,30);2-4,9-11,16,22H,5-8H2,(H,23,24,25);2-6H2,1H3;1H. The first-order valence-corrected chi connectivity index (χ1v) is 25.5. The third kappa shape index (κ3) is 13.6. The molecule has 7 heterocycles. The molecule has 3 N–H and O–H groups in total. The van der Waals surface area contributed by atoms with Crippen molar-refractivity contribution >= 4 is 70.9 Å². The Morgan fingerprint density at radius 1 is 0.696 bits per heavy atom. The van der Waals surface area contributed by atoms with E-state index in [1.165, 1.54) is 30.6 Å². The van der Waals surface area contributed by atoms with Crippen LogP contribution in [0.4, 0.5) is 61.5 Å². The Morgan fingerprint density at radius 3 is 1.57 bits per heavy atom. The zero-order valence-electron chi connectivity index (χ0n) is 42.9. The lowest BCUT2D eigenvalue weighted by Crippen LogP contribution is -2.59. The van der Waals surface area contributed by atoms with Gasteiger partial charge in [-0.2, -0.15) is 18.7 Å². The van der Waals surface area contributed by atoms with E-state index in [0.29, 0.717) is 51.0 Å². The highest BCUT2D eigenvalue weighted by Crippen LogP contribution is 2.44. The number of carbonyl (C=O) groups excluding carboxylic acids is 4. The summed E-state index contributed by atoms with van der Waals surface area (Å²) < 4.78 is 92.2. The van der Waals surface area contributed by atoms with Gasteiger partial charge in [0.15, 0.2) is 23.0 Å². The summed E-state index contributed by atoms with van der Waals surface area (Å²) in [5.41, 5.74) is -0.477. The third-order valence-corrected chi connectivity index (χ3v) is 14.5. The second kappa shape index (κ2) is 25.0. The fraction of sp³-hybridized carbons (Fsp3) is 0.500. The van der Waals surface area contributed by atoms with Gasteiger partial charge >= 0.3 is 12.2 Å². The summed E-state index contributed by atoms with van der Waals surface area (Å²) in [6, 6.07) is 7.68. The number of ether oxygens (including phenoxy) is 6. The smallest absolute Gasteiger partial charge is 0.471 e. The van der Waals surface area contributed by atoms with E-state index in [1.807, 2.05) is 13.8 Å². The first-order valence-electron chi connectivity index (χ1n) is 25.5. The number of hydroxylamine groups is 2. The van der Waals surface area contributed by atoms with Crippen molar-refractivity contribution in [3.8, 4) is 11.8 Å². The maximum Gasteiger partial charge on any atom is 0.534 e. The number of benzene rings is 2. The predicted octanol–water partition coefficient (Wildman–Crippen LogP) is 8.68. The zero-order chi connectivity index (χ0) is 55.1. The molecule has 2 aromatic heterocycles. The van der Waals surface area contributed by atoms with E-state index in [-0.39, 0.29) is 113 Å². The van der Waals surface area contributed by atoms with Gasteiger partial charge in [-0.15, -0.1) is 12.4 Å². The van der Waals surface area contributed by atoms with Crippen LogP contribution < -0.4 is 25.4 Å². The lowest BCUT2D eigenvalue weighted by molar-refractivity contribution is -0.179. The number of hydrogen-bond acceptors (Lipinski definition) is 18. The SMILES string of the molecule is CCC1(OC(=O)ON2C(=O)CCC2=O)CC1.Cl.[C-]#[N+]c1ccc(Nc2ncnc(OC3C4CNCC3COC4)c2F)c(F)c1.[C-]#[N+]c1ccc(Nc2ncnc(OC3C4COCC3CN(C(=O)OC3(CC)CC3)C4)c2F)c(F)c1. The van der Waals surface area contributed by atoms with Crippen LogP contribution in [0.25, 0.3) is 9.69 Å². The molecule has 2 saturated carbocycles. The minimum atomic E-state index is -0.969. The van der Waals surface area contributed by atoms with Crippen molar-refractivity contribution in [2.24, 2.45) is 23.7 Å². The van der Waals surface area contributed by atoms with Crippen molar-refractivity contribution in [3.63, 3.8) is 0 Å². The molecule has 5 aliphatic heterocycles. The van der Waals surface area contributed by atoms with Crippen molar-refractivity contribution in [3.05, 3.63) is 95.2 Å². The normalized spacial score (nSPS) is 23.5. The maximum absolute atomic E-state index is 15.2. The van der Waals surface area contributed by atoms with Crippen LogP contribution in [-0.2, 0) is 33.4 Å². The molecule has 27 heteroatoms. The number of halogens is 5. The number of nitrogens with one attached hydrogen (secondary N) is 3. The lowest BCUT2D eigenvalue weighted by Gasteiger charge is -2.46. The van der Waals surface area contributed by atoms with Gasteiger partial charge in [0, 0.05) is 62.7 Å². The fourth-order valence-corrected chi connectivity index (χ4v) is 9.60. The van der Waals surface area contributed by atoms with Gasteiger partial charge < -0.3 is 49.3 Å². The van der Waals surface area contributed by atoms with Gasteiger partial charge in [0.05, 0.1) is 50.9 Å². The molecule has 4 bridgehead atoms. The van der Waals surface area contributed by atoms with E-state index in [0.717, 1.165) is 63.7 Å². The Labute approximate surface area is 457 Å². The number of imide groups is 1. The summed E-state index contributed by atoms with van der Waals surface area (Å²) in [4.78, 5) is 74.5. The minimum Gasteiger partial charge on any atom is -0.471 e. The molecule has 3 amide bonds. The van der Waals surface area contributed by atoms with Gasteiger partial charge in [-0.1, -0.05) is 31.0 Å². The molecule has 5 saturated heterocycles. The Balaban J connectivity index is 0.000000166. The molecule has 7 aliphatic rings. The van der Waals surface area contributed by atoms with Crippen LogP contribution in [-0.4, -0.2) is 130 Å². The van der Waals surface area contributed by atoms with Gasteiger partial charge in [-0.25, -0.2) is 38.0 Å². The first kappa shape index (κ1) is 57.5. The van der Waals surface area contributed by atoms with Crippen LogP contribution in [0.3, 0.4) is 0 Å². The van der Waals surface area contributed by atoms with Crippen molar-refractivity contribution in [2.45, 2.75) is 88.6 Å². The lowest BCUT2D eigenvalue weighted by atomic mass is 9.84. The second-order valence-electron chi connectivity index (χ2n) is 19.8. The molecule has 11 rings (SSSR count). The summed E-state index contributed by atoms with van der Waals surface area (Å²) in [5.74, 6) is -5.04. The average Bonchev–Trinajstić information content (AvgIpc) is 4.38. The van der Waals surface area contributed by atoms with Crippen LogP contribution in [0.5, 0.6) is 11.8 Å². The van der Waals surface area contributed by atoms with Crippen LogP contribution in [0.2, 0.25) is 0 Å². The third-order valence-electron chi connectivity index (χ3n) is 14.5. The molecule has 79 heavy (non-hydrogen) atoms. The van der Waals surface area contributed by atoms with Gasteiger partial charge in [-0.3, -0.25) is 14.4 Å². The van der Waals surface area contributed by atoms with Crippen molar-refractivity contribution in [2.75, 3.05) is 63.2 Å². The number of anilines is 4. The molecule has 0 radical (unpaired) electrons. The van der Waals surface area contributed by atoms with Crippen LogP contribution >= 0.6 is 12.4 Å². The number of hydrogen-bond donors (Lipinski definition) is 3. The highest BCUT2D eigenvalue weighted by Gasteiger charge is 2.50. The van der Waals surface area contributed by atoms with Crippen molar-refractivity contribution < 1.29 is 70.0 Å². The highest BCUT2D eigenvalue weighted by atomic mass is 35.5. The van der Waals surface area contributed by atoms with E-state index >= 15 is 4.39 Å². The van der Waals surface area contributed by atoms with Gasteiger partial charge in [0.25, 0.3) is 23.6 Å². The van der Waals surface area contributed by atoms with E-state index in [2.05, 4.69) is 50.4 Å². The Bertz CT molecular complexity index is 2950. The zero-order valence-corrected chi connectivity index (χ0v) is 43.7. The number of aromatic nitrogens is 4. The van der Waals surface area contributed by atoms with E-state index in [4.69, 9.17) is 41.6 Å². The molecule has 420 valence electrons. The summed E-state index contributed by atoms with van der Waals surface area (Å²) in [5, 5.41) is 9.00. The number of piperidine rings is 2. The highest BCUT2D eigenvalue weighted by molar-refractivity contribution is 6.01. The number of carbonyl (C=O) groups is 4. The Morgan fingerprint density at radius 2 is 1.14 bits per heavy atom. The summed E-state index contributed by atoms with van der Waals surface area (Å²) >= 11 is 0. The van der Waals surface area contributed by atoms with Crippen LogP contribution in [0.1, 0.15) is 65.2 Å². The monoisotopic (exact) mass is 1120 g/mol. The number of rotatable bonds is 13. The molecule has 4 aromatic rings. The topological polar surface area (TPSA) is 236 Å². The quantitative estimate of drug-likeness (QED) is 0.0491. The second-order valence-corrected chi connectivity index (χ2v) is 19.8. The molecule has 22 nitrogen and oxygen atoms in total. The molecule has 0 spiro atoms. The fourth-order valence-electron chi connectivity index (χ4n) is 9.60. The van der Waals surface area contributed by atoms with E-state index in [9.17, 15) is 32.3 Å². The Kier molecular flexibility index (Phi) is 18.2. The van der Waals surface area contributed by atoms with E-state index in [1.54, 1.807) is 4.90 Å². The van der Waals surface area contributed by atoms with Gasteiger partial charge in [0.2, 0.25) is 11.6 Å². The number of likely N-dealkylation sites (tertiary alicyclic amines) is 1. The molecule has 4 atom stereocenters. The number of amides is 3. The number of fused-ring (bicyclic) bond motifs is 4.